The molecule has 0 aliphatic carbocycles. The first-order chi connectivity index (χ1) is 12.8. The standard InChI is InChI=1S/C19H28N6S.HI/c1-3-16-15-23-18(26-16)8-10-22-19(20-4-2)25-13-11-24(12-14-25)17-7-5-6-9-21-17;/h5-7,9,15H,3-4,8,10-14H2,1-2H3,(H,20,22);1H. The second kappa shape index (κ2) is 11.4. The van der Waals surface area contributed by atoms with Gasteiger partial charge in [-0.05, 0) is 25.5 Å². The Morgan fingerprint density at radius 3 is 2.63 bits per heavy atom. The van der Waals surface area contributed by atoms with Gasteiger partial charge in [0.2, 0.25) is 0 Å². The van der Waals surface area contributed by atoms with E-state index < -0.39 is 0 Å². The predicted molar refractivity (Wildman–Crippen MR) is 125 cm³/mol. The fourth-order valence-electron chi connectivity index (χ4n) is 3.00. The van der Waals surface area contributed by atoms with Crippen molar-refractivity contribution in [3.05, 3.63) is 40.5 Å². The molecule has 8 heteroatoms. The van der Waals surface area contributed by atoms with Crippen molar-refractivity contribution in [2.24, 2.45) is 4.99 Å². The zero-order valence-electron chi connectivity index (χ0n) is 16.1. The van der Waals surface area contributed by atoms with E-state index in [2.05, 4.69) is 45.0 Å². The molecule has 6 nitrogen and oxygen atoms in total. The largest absolute Gasteiger partial charge is 0.357 e. The SMILES string of the molecule is CCNC(=NCCc1ncc(CC)s1)N1CCN(c2ccccn2)CC1.I. The molecule has 0 atom stereocenters. The Balaban J connectivity index is 0.00000261. The summed E-state index contributed by atoms with van der Waals surface area (Å²) in [5.41, 5.74) is 0. The summed E-state index contributed by atoms with van der Waals surface area (Å²) < 4.78 is 0. The van der Waals surface area contributed by atoms with Crippen molar-refractivity contribution < 1.29 is 0 Å². The number of aryl methyl sites for hydroxylation is 1. The molecule has 0 spiro atoms. The van der Waals surface area contributed by atoms with Crippen molar-refractivity contribution in [2.75, 3.05) is 44.2 Å². The summed E-state index contributed by atoms with van der Waals surface area (Å²) in [5, 5.41) is 4.62. The maximum atomic E-state index is 4.83. The van der Waals surface area contributed by atoms with E-state index in [0.717, 1.165) is 63.9 Å². The molecule has 0 amide bonds. The number of nitrogens with zero attached hydrogens (tertiary/aromatic N) is 5. The summed E-state index contributed by atoms with van der Waals surface area (Å²) in [6.45, 7) is 9.80. The first-order valence-corrected chi connectivity index (χ1v) is 10.2. The zero-order chi connectivity index (χ0) is 18.2. The minimum atomic E-state index is 0. The third-order valence-corrected chi connectivity index (χ3v) is 5.63. The molecule has 1 saturated heterocycles. The number of pyridine rings is 1. The summed E-state index contributed by atoms with van der Waals surface area (Å²) in [5.74, 6) is 2.07. The number of rotatable bonds is 6. The van der Waals surface area contributed by atoms with Crippen LogP contribution >= 0.6 is 35.3 Å². The number of thiazole rings is 1. The molecular weight excluding hydrogens is 471 g/mol. The van der Waals surface area contributed by atoms with Crippen molar-refractivity contribution in [3.63, 3.8) is 0 Å². The van der Waals surface area contributed by atoms with Crippen LogP contribution in [-0.4, -0.2) is 60.1 Å². The lowest BCUT2D eigenvalue weighted by molar-refractivity contribution is 0.371. The third-order valence-electron chi connectivity index (χ3n) is 4.42. The van der Waals surface area contributed by atoms with Gasteiger partial charge in [-0.15, -0.1) is 35.3 Å². The Morgan fingerprint density at radius 2 is 2.00 bits per heavy atom. The monoisotopic (exact) mass is 500 g/mol. The van der Waals surface area contributed by atoms with Gasteiger partial charge < -0.3 is 15.1 Å². The average Bonchev–Trinajstić information content (AvgIpc) is 3.16. The number of aromatic nitrogens is 2. The molecule has 0 bridgehead atoms. The van der Waals surface area contributed by atoms with Crippen molar-refractivity contribution in [1.82, 2.24) is 20.2 Å². The summed E-state index contributed by atoms with van der Waals surface area (Å²) in [7, 11) is 0. The number of hydrogen-bond acceptors (Lipinski definition) is 5. The maximum absolute atomic E-state index is 4.83. The van der Waals surface area contributed by atoms with Crippen LogP contribution in [0.1, 0.15) is 23.7 Å². The first-order valence-electron chi connectivity index (χ1n) is 9.43. The van der Waals surface area contributed by atoms with Crippen molar-refractivity contribution >= 4 is 47.1 Å². The topological polar surface area (TPSA) is 56.7 Å². The number of piperazine rings is 1. The van der Waals surface area contributed by atoms with Gasteiger partial charge in [-0.25, -0.2) is 9.97 Å². The van der Waals surface area contributed by atoms with E-state index in [-0.39, 0.29) is 24.0 Å². The first kappa shape index (κ1) is 21.9. The molecule has 27 heavy (non-hydrogen) atoms. The van der Waals surface area contributed by atoms with Crippen LogP contribution in [0.2, 0.25) is 0 Å². The van der Waals surface area contributed by atoms with Gasteiger partial charge in [0.1, 0.15) is 5.82 Å². The fourth-order valence-corrected chi connectivity index (χ4v) is 3.85. The second-order valence-electron chi connectivity index (χ2n) is 6.22. The molecule has 1 aliphatic heterocycles. The van der Waals surface area contributed by atoms with Crippen LogP contribution in [0.3, 0.4) is 0 Å². The lowest BCUT2D eigenvalue weighted by atomic mass is 10.3. The van der Waals surface area contributed by atoms with E-state index in [1.807, 2.05) is 24.5 Å². The van der Waals surface area contributed by atoms with Crippen LogP contribution in [0.25, 0.3) is 0 Å². The summed E-state index contributed by atoms with van der Waals surface area (Å²) in [6.07, 6.45) is 5.82. The van der Waals surface area contributed by atoms with Crippen LogP contribution in [-0.2, 0) is 12.8 Å². The number of guanidine groups is 1. The van der Waals surface area contributed by atoms with Gasteiger partial charge in [0, 0.05) is 63.0 Å². The quantitative estimate of drug-likeness (QED) is 0.376. The highest BCUT2D eigenvalue weighted by atomic mass is 127. The molecule has 1 N–H and O–H groups in total. The van der Waals surface area contributed by atoms with Gasteiger partial charge in [0.25, 0.3) is 0 Å². The minimum absolute atomic E-state index is 0. The van der Waals surface area contributed by atoms with Crippen LogP contribution in [0.15, 0.2) is 35.6 Å². The van der Waals surface area contributed by atoms with Crippen LogP contribution in [0, 0.1) is 0 Å². The number of halogens is 1. The molecule has 2 aromatic heterocycles. The third kappa shape index (κ3) is 6.31. The Hall–Kier alpha value is -1.42. The molecule has 1 fully saturated rings. The summed E-state index contributed by atoms with van der Waals surface area (Å²) in [6, 6.07) is 6.08. The number of nitrogens with one attached hydrogen (secondary N) is 1. The van der Waals surface area contributed by atoms with E-state index in [9.17, 15) is 0 Å². The fraction of sp³-hybridized carbons (Fsp3) is 0.526. The van der Waals surface area contributed by atoms with Crippen molar-refractivity contribution in [1.29, 1.82) is 0 Å². The Bertz CT molecular complexity index is 697. The van der Waals surface area contributed by atoms with Crippen molar-refractivity contribution in [3.8, 4) is 0 Å². The predicted octanol–water partition coefficient (Wildman–Crippen LogP) is 3.05. The summed E-state index contributed by atoms with van der Waals surface area (Å²) >= 11 is 1.80. The summed E-state index contributed by atoms with van der Waals surface area (Å²) in [4.78, 5) is 19.8. The molecule has 3 rings (SSSR count). The molecule has 0 saturated carbocycles. The lowest BCUT2D eigenvalue weighted by Gasteiger charge is -2.37. The normalized spacial score (nSPS) is 14.8. The van der Waals surface area contributed by atoms with Gasteiger partial charge in [0.05, 0.1) is 5.01 Å². The van der Waals surface area contributed by atoms with Crippen LogP contribution in [0.4, 0.5) is 5.82 Å². The Kier molecular flexibility index (Phi) is 9.26. The lowest BCUT2D eigenvalue weighted by Crippen LogP contribution is -2.52. The van der Waals surface area contributed by atoms with Crippen LogP contribution < -0.4 is 10.2 Å². The number of aliphatic imine (C=N–C) groups is 1. The van der Waals surface area contributed by atoms with E-state index >= 15 is 0 Å². The molecule has 0 unspecified atom stereocenters. The number of hydrogen-bond donors (Lipinski definition) is 1. The molecule has 2 aromatic rings. The zero-order valence-corrected chi connectivity index (χ0v) is 19.2. The van der Waals surface area contributed by atoms with Gasteiger partial charge in [-0.3, -0.25) is 4.99 Å². The molecule has 148 valence electrons. The molecule has 3 heterocycles. The molecule has 0 radical (unpaired) electrons. The van der Waals surface area contributed by atoms with E-state index in [1.165, 1.54) is 9.88 Å². The van der Waals surface area contributed by atoms with Gasteiger partial charge in [0.15, 0.2) is 5.96 Å². The highest BCUT2D eigenvalue weighted by molar-refractivity contribution is 14.0. The Labute approximate surface area is 183 Å². The molecule has 1 aliphatic rings. The van der Waals surface area contributed by atoms with Crippen molar-refractivity contribution in [2.45, 2.75) is 26.7 Å². The molecule has 0 aromatic carbocycles. The van der Waals surface area contributed by atoms with Crippen LogP contribution in [0.5, 0.6) is 0 Å². The van der Waals surface area contributed by atoms with E-state index in [4.69, 9.17) is 4.99 Å². The van der Waals surface area contributed by atoms with E-state index in [1.54, 1.807) is 11.3 Å². The highest BCUT2D eigenvalue weighted by Crippen LogP contribution is 2.14. The minimum Gasteiger partial charge on any atom is -0.357 e. The van der Waals surface area contributed by atoms with Gasteiger partial charge in [-0.1, -0.05) is 13.0 Å². The Morgan fingerprint density at radius 1 is 1.19 bits per heavy atom. The van der Waals surface area contributed by atoms with Gasteiger partial charge >= 0.3 is 0 Å². The second-order valence-corrected chi connectivity index (χ2v) is 7.42. The number of anilines is 1. The maximum Gasteiger partial charge on any atom is 0.194 e. The van der Waals surface area contributed by atoms with Gasteiger partial charge in [-0.2, -0.15) is 0 Å². The highest BCUT2D eigenvalue weighted by Gasteiger charge is 2.20. The van der Waals surface area contributed by atoms with E-state index in [0.29, 0.717) is 0 Å². The smallest absolute Gasteiger partial charge is 0.194 e. The molecular formula is C19H29IN6S. The average molecular weight is 500 g/mol.